The van der Waals surface area contributed by atoms with Gasteiger partial charge in [0.05, 0.1) is 0 Å². The highest BCUT2D eigenvalue weighted by molar-refractivity contribution is 5.48. The molecule has 1 aromatic rings. The van der Waals surface area contributed by atoms with Gasteiger partial charge in [0.2, 0.25) is 0 Å². The average molecular weight is 288 g/mol. The summed E-state index contributed by atoms with van der Waals surface area (Å²) in [5.41, 5.74) is 1.06. The van der Waals surface area contributed by atoms with Crippen LogP contribution in [0.4, 0.5) is 5.69 Å². The van der Waals surface area contributed by atoms with Crippen LogP contribution < -0.4 is 10.1 Å². The van der Waals surface area contributed by atoms with E-state index in [1.807, 2.05) is 30.3 Å². The summed E-state index contributed by atoms with van der Waals surface area (Å²) in [5, 5.41) is 11.9. The van der Waals surface area contributed by atoms with Gasteiger partial charge in [0, 0.05) is 18.3 Å². The smallest absolute Gasteiger partial charge is 0.174 e. The second-order valence-electron chi connectivity index (χ2n) is 5.38. The van der Waals surface area contributed by atoms with Gasteiger partial charge >= 0.3 is 0 Å². The van der Waals surface area contributed by atoms with E-state index < -0.39 is 0 Å². The number of benzene rings is 1. The van der Waals surface area contributed by atoms with Crippen LogP contribution in [0.3, 0.4) is 0 Å². The summed E-state index contributed by atoms with van der Waals surface area (Å²) in [7, 11) is 0. The molecule has 21 heavy (non-hydrogen) atoms. The van der Waals surface area contributed by atoms with E-state index in [0.717, 1.165) is 18.0 Å². The van der Waals surface area contributed by atoms with Crippen molar-refractivity contribution in [2.75, 3.05) is 18.5 Å². The maximum absolute atomic E-state index is 8.50. The van der Waals surface area contributed by atoms with Crippen molar-refractivity contribution < 1.29 is 4.74 Å². The van der Waals surface area contributed by atoms with Crippen LogP contribution in [-0.4, -0.2) is 13.2 Å². The van der Waals surface area contributed by atoms with Crippen molar-refractivity contribution in [3.8, 4) is 11.8 Å². The van der Waals surface area contributed by atoms with Gasteiger partial charge in [-0.15, -0.1) is 0 Å². The van der Waals surface area contributed by atoms with Gasteiger partial charge in [-0.25, -0.2) is 0 Å². The summed E-state index contributed by atoms with van der Waals surface area (Å²) in [6.45, 7) is 3.35. The Hall–Kier alpha value is -1.69. The van der Waals surface area contributed by atoms with Crippen molar-refractivity contribution in [3.63, 3.8) is 0 Å². The molecule has 3 nitrogen and oxygen atoms in total. The molecule has 0 bridgehead atoms. The minimum atomic E-state index is 0.0987. The molecule has 0 fully saturated rings. The van der Waals surface area contributed by atoms with Crippen LogP contribution in [0, 0.1) is 11.3 Å². The Kier molecular flexibility index (Phi) is 9.99. The number of rotatable bonds is 12. The van der Waals surface area contributed by atoms with Crippen molar-refractivity contribution in [2.24, 2.45) is 0 Å². The first-order valence-corrected chi connectivity index (χ1v) is 8.20. The van der Waals surface area contributed by atoms with Crippen molar-refractivity contribution in [1.29, 1.82) is 5.26 Å². The second kappa shape index (κ2) is 12.1. The molecular weight excluding hydrogens is 260 g/mol. The fourth-order valence-electron chi connectivity index (χ4n) is 2.30. The fourth-order valence-corrected chi connectivity index (χ4v) is 2.30. The molecule has 3 heteroatoms. The van der Waals surface area contributed by atoms with Crippen LogP contribution in [-0.2, 0) is 0 Å². The zero-order chi connectivity index (χ0) is 15.2. The molecule has 0 aromatic heterocycles. The lowest BCUT2D eigenvalue weighted by Gasteiger charge is -2.08. The highest BCUT2D eigenvalue weighted by Crippen LogP contribution is 2.17. The van der Waals surface area contributed by atoms with E-state index in [2.05, 4.69) is 12.2 Å². The number of anilines is 1. The normalized spacial score (nSPS) is 10.1. The van der Waals surface area contributed by atoms with Gasteiger partial charge in [-0.3, -0.25) is 0 Å². The average Bonchev–Trinajstić information content (AvgIpc) is 2.52. The van der Waals surface area contributed by atoms with Crippen molar-refractivity contribution in [3.05, 3.63) is 24.3 Å². The number of ether oxygens (including phenoxy) is 1. The van der Waals surface area contributed by atoms with E-state index in [1.54, 1.807) is 0 Å². The zero-order valence-corrected chi connectivity index (χ0v) is 13.2. The molecule has 1 N–H and O–H groups in total. The van der Waals surface area contributed by atoms with Gasteiger partial charge < -0.3 is 10.1 Å². The Balaban J connectivity index is 2.06. The third-order valence-corrected chi connectivity index (χ3v) is 3.50. The summed E-state index contributed by atoms with van der Waals surface area (Å²) in [6, 6.07) is 9.78. The topological polar surface area (TPSA) is 45.0 Å². The van der Waals surface area contributed by atoms with Crippen LogP contribution in [0.1, 0.15) is 58.3 Å². The molecule has 116 valence electrons. The summed E-state index contributed by atoms with van der Waals surface area (Å²) >= 11 is 0. The number of hydrogen-bond acceptors (Lipinski definition) is 3. The monoisotopic (exact) mass is 288 g/mol. The fraction of sp³-hybridized carbons (Fsp3) is 0.611. The molecule has 0 aliphatic rings. The Morgan fingerprint density at radius 2 is 1.76 bits per heavy atom. The molecule has 0 spiro atoms. The minimum absolute atomic E-state index is 0.0987. The molecule has 0 heterocycles. The van der Waals surface area contributed by atoms with E-state index in [0.29, 0.717) is 0 Å². The van der Waals surface area contributed by atoms with Crippen LogP contribution >= 0.6 is 0 Å². The van der Waals surface area contributed by atoms with E-state index in [9.17, 15) is 0 Å². The summed E-state index contributed by atoms with van der Waals surface area (Å²) in [5.74, 6) is 0.748. The Morgan fingerprint density at radius 3 is 2.48 bits per heavy atom. The van der Waals surface area contributed by atoms with Gasteiger partial charge in [0.1, 0.15) is 11.8 Å². The zero-order valence-electron chi connectivity index (χ0n) is 13.2. The maximum atomic E-state index is 8.50. The summed E-state index contributed by atoms with van der Waals surface area (Å²) in [4.78, 5) is 0. The van der Waals surface area contributed by atoms with Gasteiger partial charge in [-0.2, -0.15) is 5.26 Å². The Morgan fingerprint density at radius 1 is 1.05 bits per heavy atom. The lowest BCUT2D eigenvalue weighted by atomic mass is 10.1. The first-order valence-electron chi connectivity index (χ1n) is 8.20. The molecule has 0 radical (unpaired) electrons. The van der Waals surface area contributed by atoms with E-state index in [1.165, 1.54) is 51.4 Å². The predicted octanol–water partition coefficient (Wildman–Crippen LogP) is 5.14. The molecule has 1 aromatic carbocycles. The first kappa shape index (κ1) is 17.4. The summed E-state index contributed by atoms with van der Waals surface area (Å²) < 4.78 is 5.29. The first-order chi connectivity index (χ1) is 10.4. The number of nitrogens with one attached hydrogen (secondary N) is 1. The SMILES string of the molecule is CCCCCCCCCCNc1cccc(OCC#N)c1. The number of hydrogen-bond donors (Lipinski definition) is 1. The van der Waals surface area contributed by atoms with E-state index >= 15 is 0 Å². The predicted molar refractivity (Wildman–Crippen MR) is 88.6 cm³/mol. The number of nitriles is 1. The lowest BCUT2D eigenvalue weighted by Crippen LogP contribution is -2.02. The maximum Gasteiger partial charge on any atom is 0.174 e. The standard InChI is InChI=1S/C18H28N2O/c1-2-3-4-5-6-7-8-9-14-20-17-11-10-12-18(16-17)21-15-13-19/h10-12,16,20H,2-9,14-15H2,1H3. The molecule has 0 amide bonds. The second-order valence-corrected chi connectivity index (χ2v) is 5.38. The van der Waals surface area contributed by atoms with Gasteiger partial charge in [0.25, 0.3) is 0 Å². The molecule has 0 aliphatic heterocycles. The highest BCUT2D eigenvalue weighted by atomic mass is 16.5. The van der Waals surface area contributed by atoms with Crippen molar-refractivity contribution in [2.45, 2.75) is 58.3 Å². The Labute approximate surface area is 129 Å². The van der Waals surface area contributed by atoms with Crippen LogP contribution in [0.5, 0.6) is 5.75 Å². The highest BCUT2D eigenvalue weighted by Gasteiger charge is 1.96. The van der Waals surface area contributed by atoms with E-state index in [4.69, 9.17) is 10.00 Å². The quantitative estimate of drug-likeness (QED) is 0.541. The summed E-state index contributed by atoms with van der Waals surface area (Å²) in [6.07, 6.45) is 10.7. The molecule has 0 aliphatic carbocycles. The van der Waals surface area contributed by atoms with Gasteiger partial charge in [-0.1, -0.05) is 57.9 Å². The number of nitrogens with zero attached hydrogens (tertiary/aromatic N) is 1. The van der Waals surface area contributed by atoms with Gasteiger partial charge in [0.15, 0.2) is 6.61 Å². The molecule has 1 rings (SSSR count). The number of unbranched alkanes of at least 4 members (excludes halogenated alkanes) is 7. The minimum Gasteiger partial charge on any atom is -0.479 e. The van der Waals surface area contributed by atoms with Crippen LogP contribution in [0.25, 0.3) is 0 Å². The molecule has 0 atom stereocenters. The molecule has 0 saturated heterocycles. The van der Waals surface area contributed by atoms with Crippen LogP contribution in [0.2, 0.25) is 0 Å². The van der Waals surface area contributed by atoms with E-state index in [-0.39, 0.29) is 6.61 Å². The molecule has 0 saturated carbocycles. The molecule has 0 unspecified atom stereocenters. The van der Waals surface area contributed by atoms with Crippen molar-refractivity contribution in [1.82, 2.24) is 0 Å². The van der Waals surface area contributed by atoms with Crippen LogP contribution in [0.15, 0.2) is 24.3 Å². The third-order valence-electron chi connectivity index (χ3n) is 3.50. The third kappa shape index (κ3) is 8.96. The lowest BCUT2D eigenvalue weighted by molar-refractivity contribution is 0.368. The van der Waals surface area contributed by atoms with Crippen molar-refractivity contribution >= 4 is 5.69 Å². The Bertz CT molecular complexity index is 412. The largest absolute Gasteiger partial charge is 0.479 e. The van der Waals surface area contributed by atoms with Gasteiger partial charge in [-0.05, 0) is 18.6 Å². The molecular formula is C18H28N2O.